The van der Waals surface area contributed by atoms with E-state index in [1.165, 1.54) is 0 Å². The average molecular weight is 250 g/mol. The van der Waals surface area contributed by atoms with E-state index < -0.39 is 0 Å². The molecule has 1 amide bonds. The number of carbonyl (C=O) groups is 1. The first-order chi connectivity index (χ1) is 8.69. The summed E-state index contributed by atoms with van der Waals surface area (Å²) < 4.78 is 10.7. The predicted octanol–water partition coefficient (Wildman–Crippen LogP) is 1.02. The minimum absolute atomic E-state index is 0.0221. The van der Waals surface area contributed by atoms with E-state index in [0.717, 1.165) is 5.69 Å². The number of aryl methyl sites for hydroxylation is 1. The number of likely N-dealkylation sites (tertiary alicyclic amines) is 1. The Balaban J connectivity index is 1.74. The third kappa shape index (κ3) is 3.20. The Bertz CT molecular complexity index is 416. The number of nitrogens with zero attached hydrogens (tertiary/aromatic N) is 2. The van der Waals surface area contributed by atoms with Gasteiger partial charge < -0.3 is 14.4 Å². The number of ether oxygens (including phenoxy) is 2. The molecule has 0 saturated carbocycles. The van der Waals surface area contributed by atoms with Crippen molar-refractivity contribution in [3.8, 4) is 5.88 Å². The van der Waals surface area contributed by atoms with Crippen LogP contribution in [-0.2, 0) is 9.53 Å². The standard InChI is InChI=1S/C13H18N2O3/c1-3-17-9-13(16)15-7-11(8-15)18-12-6-4-5-10(2)14-12/h4-6,11H,3,7-9H2,1-2H3. The average Bonchev–Trinajstić information content (AvgIpc) is 2.30. The van der Waals surface area contributed by atoms with Crippen LogP contribution in [0.5, 0.6) is 5.88 Å². The molecule has 0 aromatic carbocycles. The summed E-state index contributed by atoms with van der Waals surface area (Å²) in [4.78, 5) is 17.6. The zero-order chi connectivity index (χ0) is 13.0. The van der Waals surface area contributed by atoms with E-state index in [0.29, 0.717) is 25.6 Å². The summed E-state index contributed by atoms with van der Waals surface area (Å²) in [5, 5.41) is 0. The van der Waals surface area contributed by atoms with Gasteiger partial charge in [0.15, 0.2) is 0 Å². The fraction of sp³-hybridized carbons (Fsp3) is 0.538. The van der Waals surface area contributed by atoms with Crippen molar-refractivity contribution < 1.29 is 14.3 Å². The molecule has 0 N–H and O–H groups in total. The maximum absolute atomic E-state index is 11.6. The van der Waals surface area contributed by atoms with Crippen molar-refractivity contribution in [2.75, 3.05) is 26.3 Å². The van der Waals surface area contributed by atoms with E-state index in [-0.39, 0.29) is 18.6 Å². The molecule has 1 fully saturated rings. The third-order valence-corrected chi connectivity index (χ3v) is 2.78. The molecule has 2 heterocycles. The lowest BCUT2D eigenvalue weighted by molar-refractivity contribution is -0.144. The van der Waals surface area contributed by atoms with Crippen molar-refractivity contribution in [3.63, 3.8) is 0 Å². The zero-order valence-electron chi connectivity index (χ0n) is 10.8. The Morgan fingerprint density at radius 1 is 1.50 bits per heavy atom. The second-order valence-corrected chi connectivity index (χ2v) is 4.29. The van der Waals surface area contributed by atoms with Gasteiger partial charge in [-0.15, -0.1) is 0 Å². The molecule has 0 radical (unpaired) electrons. The van der Waals surface area contributed by atoms with E-state index in [1.54, 1.807) is 4.90 Å². The van der Waals surface area contributed by atoms with Gasteiger partial charge in [0.05, 0.1) is 13.1 Å². The van der Waals surface area contributed by atoms with Crippen molar-refractivity contribution in [3.05, 3.63) is 23.9 Å². The number of aromatic nitrogens is 1. The molecule has 98 valence electrons. The lowest BCUT2D eigenvalue weighted by Crippen LogP contribution is -2.57. The van der Waals surface area contributed by atoms with Crippen LogP contribution in [0.4, 0.5) is 0 Å². The highest BCUT2D eigenvalue weighted by Gasteiger charge is 2.32. The number of amides is 1. The van der Waals surface area contributed by atoms with Gasteiger partial charge in [-0.25, -0.2) is 4.98 Å². The summed E-state index contributed by atoms with van der Waals surface area (Å²) in [5.74, 6) is 0.644. The van der Waals surface area contributed by atoms with Crippen LogP contribution in [-0.4, -0.2) is 48.2 Å². The predicted molar refractivity (Wildman–Crippen MR) is 66.5 cm³/mol. The zero-order valence-corrected chi connectivity index (χ0v) is 10.8. The monoisotopic (exact) mass is 250 g/mol. The SMILES string of the molecule is CCOCC(=O)N1CC(Oc2cccc(C)n2)C1. The molecule has 0 spiro atoms. The smallest absolute Gasteiger partial charge is 0.248 e. The lowest BCUT2D eigenvalue weighted by atomic mass is 10.1. The second-order valence-electron chi connectivity index (χ2n) is 4.29. The Morgan fingerprint density at radius 3 is 2.94 bits per heavy atom. The molecular formula is C13H18N2O3. The van der Waals surface area contributed by atoms with Gasteiger partial charge in [0, 0.05) is 18.4 Å². The molecule has 5 nitrogen and oxygen atoms in total. The van der Waals surface area contributed by atoms with Gasteiger partial charge in [-0.05, 0) is 19.9 Å². The van der Waals surface area contributed by atoms with Crippen LogP contribution < -0.4 is 4.74 Å². The summed E-state index contributed by atoms with van der Waals surface area (Å²) >= 11 is 0. The highest BCUT2D eigenvalue weighted by Crippen LogP contribution is 2.16. The quantitative estimate of drug-likeness (QED) is 0.783. The molecule has 1 aromatic heterocycles. The Hall–Kier alpha value is -1.62. The third-order valence-electron chi connectivity index (χ3n) is 2.78. The molecule has 0 aliphatic carbocycles. The van der Waals surface area contributed by atoms with Crippen molar-refractivity contribution in [2.45, 2.75) is 20.0 Å². The molecule has 0 unspecified atom stereocenters. The van der Waals surface area contributed by atoms with Crippen molar-refractivity contribution in [2.24, 2.45) is 0 Å². The van der Waals surface area contributed by atoms with E-state index in [9.17, 15) is 4.79 Å². The van der Waals surface area contributed by atoms with E-state index in [1.807, 2.05) is 32.0 Å². The van der Waals surface area contributed by atoms with E-state index in [2.05, 4.69) is 4.98 Å². The first-order valence-corrected chi connectivity index (χ1v) is 6.15. The molecule has 1 aliphatic heterocycles. The highest BCUT2D eigenvalue weighted by molar-refractivity contribution is 5.78. The van der Waals surface area contributed by atoms with Gasteiger partial charge in [0.1, 0.15) is 12.7 Å². The van der Waals surface area contributed by atoms with Crippen molar-refractivity contribution in [1.82, 2.24) is 9.88 Å². The largest absolute Gasteiger partial charge is 0.471 e. The maximum Gasteiger partial charge on any atom is 0.248 e. The van der Waals surface area contributed by atoms with Crippen LogP contribution in [0.1, 0.15) is 12.6 Å². The molecule has 2 rings (SSSR count). The normalized spacial score (nSPS) is 15.3. The number of hydrogen-bond acceptors (Lipinski definition) is 4. The summed E-state index contributed by atoms with van der Waals surface area (Å²) in [7, 11) is 0. The molecule has 0 bridgehead atoms. The summed E-state index contributed by atoms with van der Waals surface area (Å²) in [5.41, 5.74) is 0.927. The molecule has 0 atom stereocenters. The molecular weight excluding hydrogens is 232 g/mol. The molecule has 18 heavy (non-hydrogen) atoms. The lowest BCUT2D eigenvalue weighted by Gasteiger charge is -2.38. The fourth-order valence-corrected chi connectivity index (χ4v) is 1.75. The molecule has 1 saturated heterocycles. The number of rotatable bonds is 5. The van der Waals surface area contributed by atoms with Crippen molar-refractivity contribution in [1.29, 1.82) is 0 Å². The summed E-state index contributed by atoms with van der Waals surface area (Å²) in [6.07, 6.45) is 0.0462. The van der Waals surface area contributed by atoms with E-state index >= 15 is 0 Å². The van der Waals surface area contributed by atoms with Crippen LogP contribution >= 0.6 is 0 Å². The Morgan fingerprint density at radius 2 is 2.28 bits per heavy atom. The first-order valence-electron chi connectivity index (χ1n) is 6.15. The van der Waals surface area contributed by atoms with Crippen LogP contribution in [0.2, 0.25) is 0 Å². The minimum Gasteiger partial charge on any atom is -0.471 e. The second kappa shape index (κ2) is 5.82. The van der Waals surface area contributed by atoms with Crippen LogP contribution in [0.3, 0.4) is 0 Å². The van der Waals surface area contributed by atoms with Gasteiger partial charge in [-0.3, -0.25) is 4.79 Å². The van der Waals surface area contributed by atoms with Gasteiger partial charge >= 0.3 is 0 Å². The van der Waals surface area contributed by atoms with Gasteiger partial charge in [-0.2, -0.15) is 0 Å². The number of hydrogen-bond donors (Lipinski definition) is 0. The number of pyridine rings is 1. The number of carbonyl (C=O) groups excluding carboxylic acids is 1. The van der Waals surface area contributed by atoms with Crippen LogP contribution in [0.15, 0.2) is 18.2 Å². The van der Waals surface area contributed by atoms with Crippen molar-refractivity contribution >= 4 is 5.91 Å². The molecule has 1 aliphatic rings. The Kier molecular flexibility index (Phi) is 4.15. The maximum atomic E-state index is 11.6. The fourth-order valence-electron chi connectivity index (χ4n) is 1.75. The summed E-state index contributed by atoms with van der Waals surface area (Å²) in [6, 6.07) is 5.66. The highest BCUT2D eigenvalue weighted by atomic mass is 16.5. The van der Waals surface area contributed by atoms with Crippen LogP contribution in [0, 0.1) is 6.92 Å². The first kappa shape index (κ1) is 12.8. The minimum atomic E-state index is 0.0221. The van der Waals surface area contributed by atoms with Gasteiger partial charge in [0.2, 0.25) is 11.8 Å². The summed E-state index contributed by atoms with van der Waals surface area (Å²) in [6.45, 7) is 5.74. The molecule has 1 aromatic rings. The van der Waals surface area contributed by atoms with E-state index in [4.69, 9.17) is 9.47 Å². The Labute approximate surface area is 107 Å². The van der Waals surface area contributed by atoms with Crippen LogP contribution in [0.25, 0.3) is 0 Å². The van der Waals surface area contributed by atoms with Gasteiger partial charge in [-0.1, -0.05) is 6.07 Å². The van der Waals surface area contributed by atoms with Gasteiger partial charge in [0.25, 0.3) is 0 Å². The topological polar surface area (TPSA) is 51.7 Å². The molecule has 5 heteroatoms.